The predicted octanol–water partition coefficient (Wildman–Crippen LogP) is 1.27. The lowest BCUT2D eigenvalue weighted by atomic mass is 10.3. The van der Waals surface area contributed by atoms with Crippen LogP contribution in [0.2, 0.25) is 0 Å². The van der Waals surface area contributed by atoms with Crippen LogP contribution in [0.4, 0.5) is 13.2 Å². The highest BCUT2D eigenvalue weighted by atomic mass is 19.4. The second kappa shape index (κ2) is 8.73. The Kier molecular flexibility index (Phi) is 7.67. The van der Waals surface area contributed by atoms with Crippen molar-refractivity contribution in [2.75, 3.05) is 52.4 Å². The number of nitrogens with two attached hydrogens (primary N) is 1. The molecule has 2 N–H and O–H groups in total. The highest BCUT2D eigenvalue weighted by Gasteiger charge is 2.29. The van der Waals surface area contributed by atoms with E-state index in [9.17, 15) is 13.2 Å². The van der Waals surface area contributed by atoms with Crippen molar-refractivity contribution < 1.29 is 17.9 Å². The van der Waals surface area contributed by atoms with Gasteiger partial charge in [-0.15, -0.1) is 13.2 Å². The molecule has 1 rings (SSSR count). The molecule has 114 valence electrons. The SMILES string of the molecule is NCCCCN1CCCN(CCOC(F)(F)F)CC1. The standard InChI is InChI=1S/C12H24F3N3O/c13-12(14,15)19-11-10-18-7-3-6-17(8-9-18)5-2-1-4-16/h1-11,16H2. The summed E-state index contributed by atoms with van der Waals surface area (Å²) in [5.41, 5.74) is 5.45. The van der Waals surface area contributed by atoms with Crippen molar-refractivity contribution in [1.29, 1.82) is 0 Å². The average Bonchev–Trinajstić information content (AvgIpc) is 2.54. The molecule has 0 amide bonds. The molecule has 0 spiro atoms. The van der Waals surface area contributed by atoms with E-state index in [1.54, 1.807) is 0 Å². The molecule has 1 aliphatic heterocycles. The van der Waals surface area contributed by atoms with Crippen molar-refractivity contribution in [2.45, 2.75) is 25.6 Å². The Balaban J connectivity index is 2.15. The van der Waals surface area contributed by atoms with Crippen LogP contribution >= 0.6 is 0 Å². The molecular formula is C12H24F3N3O. The number of halogens is 3. The molecular weight excluding hydrogens is 259 g/mol. The minimum atomic E-state index is -4.51. The lowest BCUT2D eigenvalue weighted by Crippen LogP contribution is -2.34. The van der Waals surface area contributed by atoms with Crippen molar-refractivity contribution in [1.82, 2.24) is 9.80 Å². The van der Waals surface area contributed by atoms with Gasteiger partial charge in [-0.2, -0.15) is 0 Å². The average molecular weight is 283 g/mol. The third-order valence-electron chi connectivity index (χ3n) is 3.28. The molecule has 19 heavy (non-hydrogen) atoms. The molecule has 0 unspecified atom stereocenters. The lowest BCUT2D eigenvalue weighted by molar-refractivity contribution is -0.325. The topological polar surface area (TPSA) is 41.7 Å². The molecule has 7 heteroatoms. The normalized spacial score (nSPS) is 19.6. The van der Waals surface area contributed by atoms with Crippen LogP contribution in [0.5, 0.6) is 0 Å². The Morgan fingerprint density at radius 2 is 1.58 bits per heavy atom. The molecule has 1 heterocycles. The zero-order valence-corrected chi connectivity index (χ0v) is 11.3. The van der Waals surface area contributed by atoms with Gasteiger partial charge in [0.1, 0.15) is 0 Å². The zero-order chi connectivity index (χ0) is 14.1. The molecule has 1 saturated heterocycles. The van der Waals surface area contributed by atoms with E-state index in [1.807, 2.05) is 4.90 Å². The smallest absolute Gasteiger partial charge is 0.330 e. The van der Waals surface area contributed by atoms with Crippen LogP contribution in [0, 0.1) is 0 Å². The zero-order valence-electron chi connectivity index (χ0n) is 11.3. The van der Waals surface area contributed by atoms with E-state index in [4.69, 9.17) is 5.73 Å². The van der Waals surface area contributed by atoms with E-state index in [1.165, 1.54) is 0 Å². The highest BCUT2D eigenvalue weighted by molar-refractivity contribution is 4.69. The van der Waals surface area contributed by atoms with Gasteiger partial charge in [0, 0.05) is 19.6 Å². The summed E-state index contributed by atoms with van der Waals surface area (Å²) in [4.78, 5) is 4.40. The van der Waals surface area contributed by atoms with Crippen LogP contribution in [-0.4, -0.2) is 68.6 Å². The highest BCUT2D eigenvalue weighted by Crippen LogP contribution is 2.15. The van der Waals surface area contributed by atoms with Gasteiger partial charge >= 0.3 is 6.36 Å². The number of unbranched alkanes of at least 4 members (excludes halogenated alkanes) is 1. The molecule has 0 aliphatic carbocycles. The number of hydrogen-bond acceptors (Lipinski definition) is 4. The summed E-state index contributed by atoms with van der Waals surface area (Å²) in [5, 5.41) is 0. The molecule has 1 aliphatic rings. The number of rotatable bonds is 7. The fourth-order valence-corrected chi connectivity index (χ4v) is 2.24. The van der Waals surface area contributed by atoms with Crippen LogP contribution in [0.15, 0.2) is 0 Å². The number of alkyl halides is 3. The van der Waals surface area contributed by atoms with Crippen molar-refractivity contribution in [3.8, 4) is 0 Å². The van der Waals surface area contributed by atoms with Gasteiger partial charge in [0.25, 0.3) is 0 Å². The summed E-state index contributed by atoms with van der Waals surface area (Å²) in [6, 6.07) is 0. The van der Waals surface area contributed by atoms with Gasteiger partial charge in [-0.05, 0) is 45.4 Å². The maximum atomic E-state index is 11.9. The van der Waals surface area contributed by atoms with Gasteiger partial charge in [-0.3, -0.25) is 9.64 Å². The van der Waals surface area contributed by atoms with Gasteiger partial charge in [0.2, 0.25) is 0 Å². The maximum Gasteiger partial charge on any atom is 0.522 e. The molecule has 1 fully saturated rings. The third-order valence-corrected chi connectivity index (χ3v) is 3.28. The van der Waals surface area contributed by atoms with E-state index in [0.717, 1.165) is 58.5 Å². The van der Waals surface area contributed by atoms with Gasteiger partial charge in [0.05, 0.1) is 6.61 Å². The van der Waals surface area contributed by atoms with Crippen LogP contribution in [0.25, 0.3) is 0 Å². The van der Waals surface area contributed by atoms with Gasteiger partial charge < -0.3 is 10.6 Å². The second-order valence-corrected chi connectivity index (χ2v) is 4.83. The van der Waals surface area contributed by atoms with Crippen molar-refractivity contribution >= 4 is 0 Å². The molecule has 0 aromatic carbocycles. The Bertz CT molecular complexity index is 239. The van der Waals surface area contributed by atoms with Crippen molar-refractivity contribution in [2.24, 2.45) is 5.73 Å². The summed E-state index contributed by atoms with van der Waals surface area (Å²) in [5.74, 6) is 0. The van der Waals surface area contributed by atoms with Crippen LogP contribution in [-0.2, 0) is 4.74 Å². The fraction of sp³-hybridized carbons (Fsp3) is 1.00. The second-order valence-electron chi connectivity index (χ2n) is 4.83. The Hall–Kier alpha value is -0.370. The Labute approximate surface area is 112 Å². The quantitative estimate of drug-likeness (QED) is 0.715. The van der Waals surface area contributed by atoms with E-state index in [-0.39, 0.29) is 6.61 Å². The summed E-state index contributed by atoms with van der Waals surface area (Å²) in [6.45, 7) is 5.39. The first-order valence-electron chi connectivity index (χ1n) is 6.87. The molecule has 4 nitrogen and oxygen atoms in total. The molecule has 0 aromatic rings. The minimum Gasteiger partial charge on any atom is -0.330 e. The largest absolute Gasteiger partial charge is 0.522 e. The van der Waals surface area contributed by atoms with E-state index in [0.29, 0.717) is 6.54 Å². The predicted molar refractivity (Wildman–Crippen MR) is 67.8 cm³/mol. The summed E-state index contributed by atoms with van der Waals surface area (Å²) < 4.78 is 39.4. The molecule has 0 atom stereocenters. The van der Waals surface area contributed by atoms with Gasteiger partial charge in [-0.1, -0.05) is 0 Å². The number of hydrogen-bond donors (Lipinski definition) is 1. The lowest BCUT2D eigenvalue weighted by Gasteiger charge is -2.21. The molecule has 0 bridgehead atoms. The van der Waals surface area contributed by atoms with E-state index in [2.05, 4.69) is 9.64 Å². The van der Waals surface area contributed by atoms with Crippen LogP contribution in [0.3, 0.4) is 0 Å². The first kappa shape index (κ1) is 16.7. The van der Waals surface area contributed by atoms with Crippen molar-refractivity contribution in [3.05, 3.63) is 0 Å². The third kappa shape index (κ3) is 8.41. The van der Waals surface area contributed by atoms with Crippen LogP contribution < -0.4 is 5.73 Å². The Morgan fingerprint density at radius 1 is 0.947 bits per heavy atom. The minimum absolute atomic E-state index is 0.281. The maximum absolute atomic E-state index is 11.9. The summed E-state index contributed by atoms with van der Waals surface area (Å²) in [7, 11) is 0. The molecule has 0 aromatic heterocycles. The summed E-state index contributed by atoms with van der Waals surface area (Å²) >= 11 is 0. The fourth-order valence-electron chi connectivity index (χ4n) is 2.24. The first-order chi connectivity index (χ1) is 9.01. The first-order valence-corrected chi connectivity index (χ1v) is 6.87. The number of ether oxygens (including phenoxy) is 1. The monoisotopic (exact) mass is 283 g/mol. The molecule has 0 radical (unpaired) electrons. The number of nitrogens with zero attached hydrogens (tertiary/aromatic N) is 2. The summed E-state index contributed by atoms with van der Waals surface area (Å²) in [6.07, 6.45) is -1.40. The van der Waals surface area contributed by atoms with Crippen molar-refractivity contribution in [3.63, 3.8) is 0 Å². The van der Waals surface area contributed by atoms with Crippen LogP contribution in [0.1, 0.15) is 19.3 Å². The Morgan fingerprint density at radius 3 is 2.16 bits per heavy atom. The van der Waals surface area contributed by atoms with Gasteiger partial charge in [0.15, 0.2) is 0 Å². The van der Waals surface area contributed by atoms with E-state index >= 15 is 0 Å². The molecule has 0 saturated carbocycles. The van der Waals surface area contributed by atoms with E-state index < -0.39 is 6.36 Å². The van der Waals surface area contributed by atoms with Gasteiger partial charge in [-0.25, -0.2) is 0 Å².